The van der Waals surface area contributed by atoms with Gasteiger partial charge in [-0.25, -0.2) is 9.97 Å². The number of benzene rings is 2. The van der Waals surface area contributed by atoms with E-state index >= 15 is 0 Å². The zero-order chi connectivity index (χ0) is 19.2. The summed E-state index contributed by atoms with van der Waals surface area (Å²) in [5, 5.41) is 1.98. The van der Waals surface area contributed by atoms with Crippen LogP contribution in [0.15, 0.2) is 84.4 Å². The van der Waals surface area contributed by atoms with Gasteiger partial charge in [0.05, 0.1) is 17.2 Å². The van der Waals surface area contributed by atoms with Crippen LogP contribution < -0.4 is 4.74 Å². The summed E-state index contributed by atoms with van der Waals surface area (Å²) in [4.78, 5) is 21.8. The van der Waals surface area contributed by atoms with Crippen LogP contribution in [-0.4, -0.2) is 15.8 Å². The molecular formula is C23H16N2O2S. The highest BCUT2D eigenvalue weighted by Crippen LogP contribution is 2.21. The normalized spacial score (nSPS) is 11.4. The third-order valence-corrected chi connectivity index (χ3v) is 4.76. The van der Waals surface area contributed by atoms with Gasteiger partial charge in [0.25, 0.3) is 0 Å². The average molecular weight is 384 g/mol. The Morgan fingerprint density at radius 2 is 1.68 bits per heavy atom. The molecule has 0 aliphatic rings. The average Bonchev–Trinajstić information content (AvgIpc) is 3.25. The molecule has 0 N–H and O–H groups in total. The van der Waals surface area contributed by atoms with Crippen LogP contribution in [0.4, 0.5) is 0 Å². The first-order chi connectivity index (χ1) is 13.8. The standard InChI is InChI=1S/C23H16N2O2S/c26-18(11-14-20-4-3-15-28-20)10-7-17-8-12-19(13-9-17)27-23-16-24-21-5-1-2-6-22(21)25-23/h1-16H. The van der Waals surface area contributed by atoms with Crippen molar-refractivity contribution in [1.82, 2.24) is 9.97 Å². The van der Waals surface area contributed by atoms with Crippen LogP contribution in [0.5, 0.6) is 11.6 Å². The largest absolute Gasteiger partial charge is 0.437 e. The van der Waals surface area contributed by atoms with Gasteiger partial charge in [0.2, 0.25) is 5.88 Å². The lowest BCUT2D eigenvalue weighted by Crippen LogP contribution is -1.90. The topological polar surface area (TPSA) is 52.1 Å². The molecule has 0 atom stereocenters. The molecule has 4 rings (SSSR count). The Morgan fingerprint density at radius 3 is 2.46 bits per heavy atom. The molecule has 0 bridgehead atoms. The van der Waals surface area contributed by atoms with Crippen molar-refractivity contribution in [1.29, 1.82) is 0 Å². The Morgan fingerprint density at radius 1 is 0.893 bits per heavy atom. The smallest absolute Gasteiger partial charge is 0.238 e. The van der Waals surface area contributed by atoms with Crippen molar-refractivity contribution in [3.8, 4) is 11.6 Å². The van der Waals surface area contributed by atoms with Crippen molar-refractivity contribution in [3.05, 3.63) is 94.8 Å². The Hall–Kier alpha value is -3.57. The van der Waals surface area contributed by atoms with Gasteiger partial charge in [0, 0.05) is 4.88 Å². The minimum atomic E-state index is -0.0554. The highest BCUT2D eigenvalue weighted by atomic mass is 32.1. The lowest BCUT2D eigenvalue weighted by molar-refractivity contribution is -0.110. The van der Waals surface area contributed by atoms with Gasteiger partial charge in [0.1, 0.15) is 5.75 Å². The fraction of sp³-hybridized carbons (Fsp3) is 0. The number of aromatic nitrogens is 2. The molecule has 4 nitrogen and oxygen atoms in total. The van der Waals surface area contributed by atoms with Gasteiger partial charge in [0.15, 0.2) is 5.78 Å². The Labute approximate surface area is 166 Å². The monoisotopic (exact) mass is 384 g/mol. The predicted molar refractivity (Wildman–Crippen MR) is 113 cm³/mol. The summed E-state index contributed by atoms with van der Waals surface area (Å²) in [6.45, 7) is 0. The fourth-order valence-electron chi connectivity index (χ4n) is 2.54. The maximum atomic E-state index is 11.9. The van der Waals surface area contributed by atoms with Crippen molar-refractivity contribution in [2.45, 2.75) is 0 Å². The molecule has 0 radical (unpaired) electrons. The van der Waals surface area contributed by atoms with Gasteiger partial charge in [-0.3, -0.25) is 4.79 Å². The molecule has 0 aliphatic carbocycles. The summed E-state index contributed by atoms with van der Waals surface area (Å²) in [6.07, 6.45) is 8.32. The number of hydrogen-bond donors (Lipinski definition) is 0. The first-order valence-electron chi connectivity index (χ1n) is 8.70. The van der Waals surface area contributed by atoms with E-state index in [4.69, 9.17) is 4.74 Å². The van der Waals surface area contributed by atoms with Crippen molar-refractivity contribution in [2.24, 2.45) is 0 Å². The summed E-state index contributed by atoms with van der Waals surface area (Å²) in [7, 11) is 0. The van der Waals surface area contributed by atoms with Crippen LogP contribution in [0.25, 0.3) is 23.2 Å². The highest BCUT2D eigenvalue weighted by molar-refractivity contribution is 7.10. The lowest BCUT2D eigenvalue weighted by atomic mass is 10.2. The molecule has 0 fully saturated rings. The van der Waals surface area contributed by atoms with E-state index in [0.717, 1.165) is 21.5 Å². The second kappa shape index (κ2) is 8.41. The Balaban J connectivity index is 1.39. The SMILES string of the molecule is O=C(C=Cc1ccc(Oc2cnc3ccccc3n2)cc1)C=Cc1cccs1. The Bertz CT molecular complexity index is 1150. The van der Waals surface area contributed by atoms with Crippen LogP contribution in [0.1, 0.15) is 10.4 Å². The molecule has 0 saturated carbocycles. The van der Waals surface area contributed by atoms with Crippen LogP contribution >= 0.6 is 11.3 Å². The fourth-order valence-corrected chi connectivity index (χ4v) is 3.16. The molecule has 0 spiro atoms. The molecule has 2 heterocycles. The van der Waals surface area contributed by atoms with Crippen LogP contribution in [-0.2, 0) is 4.79 Å². The zero-order valence-electron chi connectivity index (χ0n) is 14.9. The number of nitrogens with zero attached hydrogens (tertiary/aromatic N) is 2. The summed E-state index contributed by atoms with van der Waals surface area (Å²) in [5.41, 5.74) is 2.52. The van der Waals surface area contributed by atoms with Gasteiger partial charge >= 0.3 is 0 Å². The quantitative estimate of drug-likeness (QED) is 0.396. The molecule has 2 aromatic carbocycles. The van der Waals surface area contributed by atoms with Crippen LogP contribution in [0.2, 0.25) is 0 Å². The molecule has 5 heteroatoms. The van der Waals surface area contributed by atoms with E-state index < -0.39 is 0 Å². The van der Waals surface area contributed by atoms with Gasteiger partial charge in [-0.1, -0.05) is 36.4 Å². The van der Waals surface area contributed by atoms with Gasteiger partial charge in [-0.2, -0.15) is 0 Å². The first kappa shape index (κ1) is 17.8. The minimum Gasteiger partial charge on any atom is -0.437 e. The number of thiophene rings is 1. The molecule has 0 unspecified atom stereocenters. The summed E-state index contributed by atoms with van der Waals surface area (Å²) >= 11 is 1.60. The number of rotatable bonds is 6. The molecule has 28 heavy (non-hydrogen) atoms. The lowest BCUT2D eigenvalue weighted by Gasteiger charge is -2.05. The van der Waals surface area contributed by atoms with Crippen molar-refractivity contribution >= 4 is 40.3 Å². The molecule has 2 aromatic heterocycles. The van der Waals surface area contributed by atoms with E-state index in [2.05, 4.69) is 9.97 Å². The third kappa shape index (κ3) is 4.58. The molecule has 136 valence electrons. The van der Waals surface area contributed by atoms with E-state index in [9.17, 15) is 4.79 Å². The van der Waals surface area contributed by atoms with Gasteiger partial charge in [-0.15, -0.1) is 11.3 Å². The number of para-hydroxylation sites is 2. The molecule has 0 amide bonds. The van der Waals surface area contributed by atoms with Crippen LogP contribution in [0, 0.1) is 0 Å². The molecule has 0 aliphatic heterocycles. The van der Waals surface area contributed by atoms with Crippen molar-refractivity contribution < 1.29 is 9.53 Å². The Kier molecular flexibility index (Phi) is 5.36. The number of allylic oxidation sites excluding steroid dienone is 2. The number of fused-ring (bicyclic) bond motifs is 1. The predicted octanol–water partition coefficient (Wildman–Crippen LogP) is 5.78. The summed E-state index contributed by atoms with van der Waals surface area (Å²) in [6, 6.07) is 19.0. The van der Waals surface area contributed by atoms with Gasteiger partial charge < -0.3 is 4.74 Å². The maximum Gasteiger partial charge on any atom is 0.238 e. The van der Waals surface area contributed by atoms with E-state index in [-0.39, 0.29) is 5.78 Å². The van der Waals surface area contributed by atoms with E-state index in [1.165, 1.54) is 0 Å². The second-order valence-corrected chi connectivity index (χ2v) is 6.93. The highest BCUT2D eigenvalue weighted by Gasteiger charge is 2.02. The van der Waals surface area contributed by atoms with Crippen LogP contribution in [0.3, 0.4) is 0 Å². The molecule has 0 saturated heterocycles. The second-order valence-electron chi connectivity index (χ2n) is 5.95. The number of hydrogen-bond acceptors (Lipinski definition) is 5. The van der Waals surface area contributed by atoms with E-state index in [0.29, 0.717) is 11.6 Å². The third-order valence-electron chi connectivity index (χ3n) is 3.92. The van der Waals surface area contributed by atoms with Crippen molar-refractivity contribution in [3.63, 3.8) is 0 Å². The maximum absolute atomic E-state index is 11.9. The number of carbonyl (C=O) groups is 1. The summed E-state index contributed by atoms with van der Waals surface area (Å²) in [5.74, 6) is 1.04. The summed E-state index contributed by atoms with van der Waals surface area (Å²) < 4.78 is 5.77. The molecular weight excluding hydrogens is 368 g/mol. The zero-order valence-corrected chi connectivity index (χ0v) is 15.7. The number of carbonyl (C=O) groups excluding carboxylic acids is 1. The van der Waals surface area contributed by atoms with E-state index in [1.54, 1.807) is 35.8 Å². The number of ether oxygens (including phenoxy) is 1. The first-order valence-corrected chi connectivity index (χ1v) is 9.57. The van der Waals surface area contributed by atoms with E-state index in [1.807, 2.05) is 72.1 Å². The van der Waals surface area contributed by atoms with Gasteiger partial charge in [-0.05, 0) is 59.5 Å². The molecule has 4 aromatic rings. The van der Waals surface area contributed by atoms with Crippen molar-refractivity contribution in [2.75, 3.05) is 0 Å². The number of ketones is 1. The minimum absolute atomic E-state index is 0.0554.